The fraction of sp³-hybridized carbons (Fsp3) is 0.125. The summed E-state index contributed by atoms with van der Waals surface area (Å²) >= 11 is 0. The zero-order chi connectivity index (χ0) is 18.4. The summed E-state index contributed by atoms with van der Waals surface area (Å²) < 4.78 is 18.6. The van der Waals surface area contributed by atoms with Gasteiger partial charge in [-0.2, -0.15) is 0 Å². The second kappa shape index (κ2) is 7.86. The molecule has 0 aromatic heterocycles. The molecule has 2 N–H and O–H groups in total. The summed E-state index contributed by atoms with van der Waals surface area (Å²) in [5.74, 6) is -2.07. The monoisotopic (exact) mass is 347 g/mol. The number of amides is 2. The van der Waals surface area contributed by atoms with Crippen molar-refractivity contribution in [3.8, 4) is 5.75 Å². The number of carbonyl (C=O) groups is 2. The number of nitro benzene ring substituents is 1. The lowest BCUT2D eigenvalue weighted by molar-refractivity contribution is -0.384. The molecule has 0 heterocycles. The standard InChI is InChI=1S/C16H14FN3O5/c1-10(25-14-5-3-2-4-13(14)17)15(21)18-19-16(22)11-6-8-12(9-7-11)20(23)24/h2-10H,1H3,(H,18,21)(H,19,22). The number of nitro groups is 1. The zero-order valence-electron chi connectivity index (χ0n) is 13.1. The third-order valence-corrected chi connectivity index (χ3v) is 3.15. The lowest BCUT2D eigenvalue weighted by Crippen LogP contribution is -2.47. The van der Waals surface area contributed by atoms with E-state index in [1.807, 2.05) is 0 Å². The molecule has 2 aromatic carbocycles. The Bertz CT molecular complexity index is 795. The van der Waals surface area contributed by atoms with Gasteiger partial charge in [-0.05, 0) is 31.2 Å². The summed E-state index contributed by atoms with van der Waals surface area (Å²) in [4.78, 5) is 33.7. The molecular formula is C16H14FN3O5. The van der Waals surface area contributed by atoms with Gasteiger partial charge in [-0.25, -0.2) is 4.39 Å². The van der Waals surface area contributed by atoms with Crippen LogP contribution in [0.15, 0.2) is 48.5 Å². The molecule has 25 heavy (non-hydrogen) atoms. The van der Waals surface area contributed by atoms with Gasteiger partial charge in [-0.1, -0.05) is 12.1 Å². The minimum Gasteiger partial charge on any atom is -0.478 e. The van der Waals surface area contributed by atoms with Gasteiger partial charge >= 0.3 is 0 Å². The summed E-state index contributed by atoms with van der Waals surface area (Å²) in [6.45, 7) is 1.39. The van der Waals surface area contributed by atoms with Crippen molar-refractivity contribution in [3.63, 3.8) is 0 Å². The van der Waals surface area contributed by atoms with E-state index in [1.165, 1.54) is 49.4 Å². The Labute approximate surface area is 141 Å². The van der Waals surface area contributed by atoms with E-state index in [4.69, 9.17) is 4.74 Å². The number of hydrazine groups is 1. The second-order valence-electron chi connectivity index (χ2n) is 4.94. The first-order valence-electron chi connectivity index (χ1n) is 7.14. The van der Waals surface area contributed by atoms with Crippen LogP contribution >= 0.6 is 0 Å². The molecule has 0 bridgehead atoms. The van der Waals surface area contributed by atoms with Gasteiger partial charge in [0.2, 0.25) is 0 Å². The highest BCUT2D eigenvalue weighted by atomic mass is 19.1. The van der Waals surface area contributed by atoms with Crippen molar-refractivity contribution in [2.75, 3.05) is 0 Å². The van der Waals surface area contributed by atoms with Gasteiger partial charge in [0.25, 0.3) is 17.5 Å². The van der Waals surface area contributed by atoms with Gasteiger partial charge < -0.3 is 4.74 Å². The van der Waals surface area contributed by atoms with Crippen molar-refractivity contribution in [3.05, 3.63) is 70.0 Å². The summed E-state index contributed by atoms with van der Waals surface area (Å²) in [6, 6.07) is 10.4. The topological polar surface area (TPSA) is 111 Å². The number of para-hydroxylation sites is 1. The summed E-state index contributed by atoms with van der Waals surface area (Å²) in [6.07, 6.45) is -1.06. The summed E-state index contributed by atoms with van der Waals surface area (Å²) in [5.41, 5.74) is 4.24. The molecule has 0 aliphatic carbocycles. The lowest BCUT2D eigenvalue weighted by Gasteiger charge is -2.15. The first-order chi connectivity index (χ1) is 11.9. The lowest BCUT2D eigenvalue weighted by atomic mass is 10.2. The smallest absolute Gasteiger partial charge is 0.279 e. The molecule has 0 radical (unpaired) electrons. The summed E-state index contributed by atoms with van der Waals surface area (Å²) in [5, 5.41) is 10.6. The van der Waals surface area contributed by atoms with Gasteiger partial charge in [0.15, 0.2) is 17.7 Å². The minimum absolute atomic E-state index is 0.0909. The van der Waals surface area contributed by atoms with Crippen LogP contribution in [0.25, 0.3) is 0 Å². The molecule has 2 aromatic rings. The van der Waals surface area contributed by atoms with Crippen molar-refractivity contribution >= 4 is 17.5 Å². The maximum absolute atomic E-state index is 13.5. The van der Waals surface area contributed by atoms with Gasteiger partial charge in [0, 0.05) is 17.7 Å². The maximum Gasteiger partial charge on any atom is 0.279 e. The Balaban J connectivity index is 1.89. The first-order valence-corrected chi connectivity index (χ1v) is 7.14. The summed E-state index contributed by atoms with van der Waals surface area (Å²) in [7, 11) is 0. The molecule has 130 valence electrons. The predicted octanol–water partition coefficient (Wildman–Crippen LogP) is 1.96. The molecule has 2 rings (SSSR count). The van der Waals surface area contributed by atoms with Crippen LogP contribution in [0, 0.1) is 15.9 Å². The van der Waals surface area contributed by atoms with E-state index in [2.05, 4.69) is 10.9 Å². The molecule has 1 unspecified atom stereocenters. The van der Waals surface area contributed by atoms with E-state index in [-0.39, 0.29) is 17.0 Å². The van der Waals surface area contributed by atoms with Crippen molar-refractivity contribution < 1.29 is 23.6 Å². The van der Waals surface area contributed by atoms with E-state index in [1.54, 1.807) is 6.07 Å². The molecule has 9 heteroatoms. The molecule has 0 spiro atoms. The Hall–Kier alpha value is -3.49. The van der Waals surface area contributed by atoms with Crippen molar-refractivity contribution in [1.29, 1.82) is 0 Å². The van der Waals surface area contributed by atoms with E-state index in [0.717, 1.165) is 0 Å². The van der Waals surface area contributed by atoms with Crippen LogP contribution in [0.1, 0.15) is 17.3 Å². The highest BCUT2D eigenvalue weighted by Gasteiger charge is 2.17. The average Bonchev–Trinajstić information content (AvgIpc) is 2.61. The number of benzene rings is 2. The average molecular weight is 347 g/mol. The fourth-order valence-electron chi connectivity index (χ4n) is 1.81. The molecular weight excluding hydrogens is 333 g/mol. The first kappa shape index (κ1) is 17.9. The number of hydrogen-bond donors (Lipinski definition) is 2. The fourth-order valence-corrected chi connectivity index (χ4v) is 1.81. The molecule has 1 atom stereocenters. The molecule has 0 aliphatic rings. The number of nitrogens with one attached hydrogen (secondary N) is 2. The Morgan fingerprint density at radius 1 is 1.12 bits per heavy atom. The Morgan fingerprint density at radius 2 is 1.76 bits per heavy atom. The molecule has 8 nitrogen and oxygen atoms in total. The van der Waals surface area contributed by atoms with Crippen molar-refractivity contribution in [2.24, 2.45) is 0 Å². The highest BCUT2D eigenvalue weighted by molar-refractivity contribution is 5.95. The van der Waals surface area contributed by atoms with Crippen molar-refractivity contribution in [2.45, 2.75) is 13.0 Å². The largest absolute Gasteiger partial charge is 0.478 e. The normalized spacial score (nSPS) is 11.3. The minimum atomic E-state index is -1.06. The van der Waals surface area contributed by atoms with Crippen LogP contribution in [-0.4, -0.2) is 22.8 Å². The number of nitrogens with zero attached hydrogens (tertiary/aromatic N) is 1. The third-order valence-electron chi connectivity index (χ3n) is 3.15. The molecule has 0 fully saturated rings. The van der Waals surface area contributed by atoms with Crippen LogP contribution in [-0.2, 0) is 4.79 Å². The predicted molar refractivity (Wildman–Crippen MR) is 85.2 cm³/mol. The van der Waals surface area contributed by atoms with Crippen LogP contribution in [0.2, 0.25) is 0 Å². The highest BCUT2D eigenvalue weighted by Crippen LogP contribution is 2.17. The molecule has 0 saturated heterocycles. The van der Waals surface area contributed by atoms with E-state index in [0.29, 0.717) is 0 Å². The SMILES string of the molecule is CC(Oc1ccccc1F)C(=O)NNC(=O)c1ccc([N+](=O)[O-])cc1. The van der Waals surface area contributed by atoms with Crippen LogP contribution in [0.4, 0.5) is 10.1 Å². The molecule has 0 saturated carbocycles. The number of rotatable bonds is 5. The van der Waals surface area contributed by atoms with Gasteiger partial charge in [0.1, 0.15) is 0 Å². The quantitative estimate of drug-likeness (QED) is 0.634. The van der Waals surface area contributed by atoms with Gasteiger partial charge in [-0.15, -0.1) is 0 Å². The Morgan fingerprint density at radius 3 is 2.36 bits per heavy atom. The second-order valence-corrected chi connectivity index (χ2v) is 4.94. The molecule has 2 amide bonds. The maximum atomic E-state index is 13.5. The van der Waals surface area contributed by atoms with Crippen LogP contribution in [0.3, 0.4) is 0 Å². The van der Waals surface area contributed by atoms with E-state index < -0.39 is 28.7 Å². The van der Waals surface area contributed by atoms with Crippen molar-refractivity contribution in [1.82, 2.24) is 10.9 Å². The van der Waals surface area contributed by atoms with Crippen LogP contribution < -0.4 is 15.6 Å². The van der Waals surface area contributed by atoms with Gasteiger partial charge in [0.05, 0.1) is 4.92 Å². The number of hydrogen-bond acceptors (Lipinski definition) is 5. The van der Waals surface area contributed by atoms with Crippen LogP contribution in [0.5, 0.6) is 5.75 Å². The molecule has 0 aliphatic heterocycles. The number of halogens is 1. The third kappa shape index (κ3) is 4.74. The van der Waals surface area contributed by atoms with Gasteiger partial charge in [-0.3, -0.25) is 30.6 Å². The number of non-ortho nitro benzene ring substituents is 1. The Kier molecular flexibility index (Phi) is 5.62. The zero-order valence-corrected chi connectivity index (χ0v) is 13.1. The van der Waals surface area contributed by atoms with E-state index >= 15 is 0 Å². The number of carbonyl (C=O) groups excluding carboxylic acids is 2. The number of ether oxygens (including phenoxy) is 1. The van der Waals surface area contributed by atoms with E-state index in [9.17, 15) is 24.1 Å².